The van der Waals surface area contributed by atoms with Gasteiger partial charge in [0, 0.05) is 17.7 Å². The lowest BCUT2D eigenvalue weighted by molar-refractivity contribution is -0.278. The van der Waals surface area contributed by atoms with E-state index in [9.17, 15) is 55.9 Å². The van der Waals surface area contributed by atoms with Crippen LogP contribution >= 0.6 is 0 Å². The summed E-state index contributed by atoms with van der Waals surface area (Å²) in [6.45, 7) is -1.63. The third kappa shape index (κ3) is 5.71. The van der Waals surface area contributed by atoms with Gasteiger partial charge in [0.25, 0.3) is 0 Å². The molecule has 2 aliphatic rings. The first kappa shape index (κ1) is 33.6. The number of aliphatic hydroxyl groups is 8. The molecule has 17 nitrogen and oxygen atoms in total. The van der Waals surface area contributed by atoms with Crippen molar-refractivity contribution in [1.29, 1.82) is 0 Å². The average Bonchev–Trinajstić information content (AvgIpc) is 3.04. The molecular formula is C29H34O17. The van der Waals surface area contributed by atoms with Crippen molar-refractivity contribution in [2.24, 2.45) is 0 Å². The summed E-state index contributed by atoms with van der Waals surface area (Å²) in [4.78, 5) is 13.5. The minimum Gasteiger partial charge on any atom is -0.506 e. The fraction of sp³-hybridized carbons (Fsp3) is 0.483. The minimum absolute atomic E-state index is 0.0236. The van der Waals surface area contributed by atoms with Crippen molar-refractivity contribution in [1.82, 2.24) is 0 Å². The van der Waals surface area contributed by atoms with Gasteiger partial charge in [0.15, 0.2) is 16.9 Å². The lowest BCUT2D eigenvalue weighted by atomic mass is 9.89. The highest BCUT2D eigenvalue weighted by molar-refractivity contribution is 5.88. The maximum atomic E-state index is 13.5. The zero-order chi connectivity index (χ0) is 33.6. The van der Waals surface area contributed by atoms with Gasteiger partial charge in [0.1, 0.15) is 83.2 Å². The van der Waals surface area contributed by atoms with Crippen LogP contribution in [0.3, 0.4) is 0 Å². The number of phenols is 2. The normalized spacial score (nSPS) is 31.5. The Morgan fingerprint density at radius 3 is 1.83 bits per heavy atom. The predicted octanol–water partition coefficient (Wildman–Crippen LogP) is -2.42. The molecule has 0 spiro atoms. The molecule has 0 aliphatic carbocycles. The van der Waals surface area contributed by atoms with E-state index in [2.05, 4.69) is 0 Å². The van der Waals surface area contributed by atoms with Gasteiger partial charge in [0.2, 0.25) is 12.0 Å². The van der Waals surface area contributed by atoms with E-state index in [-0.39, 0.29) is 34.2 Å². The number of aliphatic hydroxyl groups excluding tert-OH is 8. The molecule has 2 aromatic carbocycles. The zero-order valence-electron chi connectivity index (χ0n) is 24.3. The van der Waals surface area contributed by atoms with Crippen LogP contribution < -0.4 is 19.6 Å². The summed E-state index contributed by atoms with van der Waals surface area (Å²) < 4.78 is 33.1. The average molecular weight is 655 g/mol. The van der Waals surface area contributed by atoms with Gasteiger partial charge in [-0.15, -0.1) is 0 Å². The van der Waals surface area contributed by atoms with Crippen LogP contribution in [0, 0.1) is 0 Å². The highest BCUT2D eigenvalue weighted by atomic mass is 16.7. The minimum atomic E-state index is -1.97. The third-order valence-electron chi connectivity index (χ3n) is 8.03. The second-order valence-corrected chi connectivity index (χ2v) is 10.8. The van der Waals surface area contributed by atoms with Crippen molar-refractivity contribution < 1.29 is 79.2 Å². The van der Waals surface area contributed by atoms with Crippen LogP contribution in [-0.4, -0.2) is 134 Å². The van der Waals surface area contributed by atoms with E-state index in [0.29, 0.717) is 0 Å². The maximum absolute atomic E-state index is 13.5. The van der Waals surface area contributed by atoms with Gasteiger partial charge >= 0.3 is 0 Å². The van der Waals surface area contributed by atoms with Crippen LogP contribution in [0.2, 0.25) is 0 Å². The molecule has 1 aromatic heterocycles. The van der Waals surface area contributed by atoms with Gasteiger partial charge in [-0.3, -0.25) is 4.79 Å². The third-order valence-corrected chi connectivity index (χ3v) is 8.03. The zero-order valence-corrected chi connectivity index (χ0v) is 24.3. The maximum Gasteiger partial charge on any atom is 0.229 e. The van der Waals surface area contributed by atoms with E-state index >= 15 is 0 Å². The Morgan fingerprint density at radius 2 is 1.26 bits per heavy atom. The number of methoxy groups -OCH3 is 2. The fourth-order valence-electron chi connectivity index (χ4n) is 5.48. The van der Waals surface area contributed by atoms with Crippen LogP contribution in [0.15, 0.2) is 33.5 Å². The lowest BCUT2D eigenvalue weighted by Crippen LogP contribution is -2.60. The number of fused-ring (bicyclic) bond motifs is 1. The Bertz CT molecular complexity index is 1590. The van der Waals surface area contributed by atoms with Crippen molar-refractivity contribution in [3.8, 4) is 40.1 Å². The summed E-state index contributed by atoms with van der Waals surface area (Å²) in [5, 5.41) is 103. The first-order chi connectivity index (χ1) is 21.9. The topological polar surface area (TPSA) is 279 Å². The Labute approximate surface area is 259 Å². The molecule has 0 saturated carbocycles. The number of aromatic hydroxyl groups is 2. The molecule has 0 bridgehead atoms. The van der Waals surface area contributed by atoms with E-state index in [0.717, 1.165) is 12.1 Å². The molecule has 2 fully saturated rings. The van der Waals surface area contributed by atoms with Crippen LogP contribution in [0.5, 0.6) is 28.7 Å². The first-order valence-electron chi connectivity index (χ1n) is 13.9. The van der Waals surface area contributed by atoms with E-state index < -0.39 is 102 Å². The van der Waals surface area contributed by atoms with E-state index in [1.165, 1.54) is 26.4 Å². The van der Waals surface area contributed by atoms with Crippen LogP contribution in [0.1, 0.15) is 11.7 Å². The number of phenolic OH excluding ortho intramolecular Hbond substituents is 2. The molecule has 46 heavy (non-hydrogen) atoms. The van der Waals surface area contributed by atoms with Gasteiger partial charge in [-0.1, -0.05) is 0 Å². The highest BCUT2D eigenvalue weighted by Crippen LogP contribution is 2.47. The SMILES string of the molecule is COc1cc(-c2cc(=O)c3c(O)c([C@@H]4O[C@H](CO)[C@@H](O)[C@H](O)[C@H]4O)c(O[C@@H]4O[C@@H](CO)[C@@H](O)[C@H](O)[C@H]4O)cc3o2)cc(OC)c1O. The second kappa shape index (κ2) is 13.2. The summed E-state index contributed by atoms with van der Waals surface area (Å²) in [6, 6.07) is 4.74. The number of hydrogen-bond acceptors (Lipinski definition) is 17. The molecule has 3 aromatic rings. The summed E-state index contributed by atoms with van der Waals surface area (Å²) in [5.41, 5.74) is -1.47. The van der Waals surface area contributed by atoms with E-state index in [1.54, 1.807) is 0 Å². The molecule has 10 N–H and O–H groups in total. The van der Waals surface area contributed by atoms with Crippen LogP contribution in [0.25, 0.3) is 22.3 Å². The van der Waals surface area contributed by atoms with Crippen molar-refractivity contribution in [3.05, 3.63) is 40.1 Å². The lowest BCUT2D eigenvalue weighted by Gasteiger charge is -2.42. The predicted molar refractivity (Wildman–Crippen MR) is 151 cm³/mol. The Kier molecular flexibility index (Phi) is 9.62. The Morgan fingerprint density at radius 1 is 0.696 bits per heavy atom. The standard InChI is InChI=1S/C29H34O17/c1-41-14-3-9(4-15(42-2)20(14)33)11-5-10(32)18-12(43-11)6-13(45-29-27(40)25(38)22(35)17(8-31)46-29)19(23(18)36)28-26(39)24(37)21(34)16(7-30)44-28/h3-6,16-17,21-22,24-31,33-40H,7-8H2,1-2H3/t16-,17+,21-,22-,24+,25+,26-,27-,28+,29-/m1/s1. The molecule has 17 heteroatoms. The highest BCUT2D eigenvalue weighted by Gasteiger charge is 2.48. The number of ether oxygens (including phenoxy) is 5. The number of benzene rings is 2. The van der Waals surface area contributed by atoms with Crippen molar-refractivity contribution >= 4 is 11.0 Å². The molecule has 3 heterocycles. The van der Waals surface area contributed by atoms with Gasteiger partial charge in [-0.25, -0.2) is 0 Å². The van der Waals surface area contributed by atoms with Gasteiger partial charge in [-0.05, 0) is 12.1 Å². The Balaban J connectivity index is 1.71. The van der Waals surface area contributed by atoms with Crippen molar-refractivity contribution in [2.45, 2.75) is 61.2 Å². The second-order valence-electron chi connectivity index (χ2n) is 10.8. The molecule has 0 radical (unpaired) electrons. The smallest absolute Gasteiger partial charge is 0.229 e. The number of rotatable bonds is 8. The van der Waals surface area contributed by atoms with E-state index in [1.807, 2.05) is 0 Å². The molecule has 10 atom stereocenters. The summed E-state index contributed by atoms with van der Waals surface area (Å²) in [5.74, 6) is -1.86. The molecule has 252 valence electrons. The molecule has 2 saturated heterocycles. The first-order valence-corrected chi connectivity index (χ1v) is 13.9. The van der Waals surface area contributed by atoms with Crippen LogP contribution in [0.4, 0.5) is 0 Å². The molecule has 0 unspecified atom stereocenters. The quantitative estimate of drug-likeness (QED) is 0.121. The molecule has 5 rings (SSSR count). The van der Waals surface area contributed by atoms with Crippen molar-refractivity contribution in [2.75, 3.05) is 27.4 Å². The van der Waals surface area contributed by atoms with E-state index in [4.69, 9.17) is 28.1 Å². The summed E-state index contributed by atoms with van der Waals surface area (Å²) in [6.07, 6.45) is -17.7. The van der Waals surface area contributed by atoms with Crippen molar-refractivity contribution in [3.63, 3.8) is 0 Å². The van der Waals surface area contributed by atoms with Gasteiger partial charge in [-0.2, -0.15) is 0 Å². The monoisotopic (exact) mass is 654 g/mol. The van der Waals surface area contributed by atoms with Crippen LogP contribution in [-0.2, 0) is 9.47 Å². The van der Waals surface area contributed by atoms with Gasteiger partial charge in [0.05, 0.1) is 33.0 Å². The largest absolute Gasteiger partial charge is 0.506 e. The number of hydrogen-bond donors (Lipinski definition) is 10. The fourth-order valence-corrected chi connectivity index (χ4v) is 5.48. The summed E-state index contributed by atoms with van der Waals surface area (Å²) >= 11 is 0. The summed E-state index contributed by atoms with van der Waals surface area (Å²) in [7, 11) is 2.58. The Hall–Kier alpha value is -3.75. The molecule has 0 amide bonds. The molecule has 2 aliphatic heterocycles. The molecular weight excluding hydrogens is 620 g/mol. The van der Waals surface area contributed by atoms with Gasteiger partial charge < -0.3 is 79.2 Å².